The van der Waals surface area contributed by atoms with Crippen molar-refractivity contribution in [3.63, 3.8) is 0 Å². The summed E-state index contributed by atoms with van der Waals surface area (Å²) in [6.07, 6.45) is 2.78. The summed E-state index contributed by atoms with van der Waals surface area (Å²) in [7, 11) is 1.97. The minimum absolute atomic E-state index is 0.0224. The first kappa shape index (κ1) is 27.8. The van der Waals surface area contributed by atoms with Crippen LogP contribution in [0.25, 0.3) is 0 Å². The molecular formula is C29H36ClFN4O4. The van der Waals surface area contributed by atoms with Crippen molar-refractivity contribution in [2.24, 2.45) is 5.92 Å². The van der Waals surface area contributed by atoms with E-state index in [-0.39, 0.29) is 41.3 Å². The first-order valence-corrected chi connectivity index (χ1v) is 14.0. The minimum atomic E-state index is -0.810. The molecule has 2 amide bonds. The van der Waals surface area contributed by atoms with Crippen LogP contribution in [0.2, 0.25) is 5.02 Å². The monoisotopic (exact) mass is 558 g/mol. The summed E-state index contributed by atoms with van der Waals surface area (Å²) in [6.45, 7) is 1.80. The first-order chi connectivity index (χ1) is 18.7. The van der Waals surface area contributed by atoms with E-state index in [1.165, 1.54) is 17.7 Å². The number of carbonyl (C=O) groups excluding carboxylic acids is 2. The van der Waals surface area contributed by atoms with Crippen molar-refractivity contribution in [1.82, 2.24) is 21.1 Å². The molecule has 0 spiro atoms. The molecule has 1 heterocycles. The highest BCUT2D eigenvalue weighted by atomic mass is 35.5. The lowest BCUT2D eigenvalue weighted by Crippen LogP contribution is -2.71. The highest BCUT2D eigenvalue weighted by Crippen LogP contribution is 2.47. The van der Waals surface area contributed by atoms with Crippen LogP contribution in [0, 0.1) is 11.7 Å². The number of aliphatic hydroxyl groups excluding tert-OH is 1. The van der Waals surface area contributed by atoms with Crippen molar-refractivity contribution in [3.8, 4) is 5.75 Å². The Morgan fingerprint density at radius 1 is 1.15 bits per heavy atom. The number of amides is 2. The van der Waals surface area contributed by atoms with Gasteiger partial charge in [0.05, 0.1) is 22.7 Å². The molecule has 2 bridgehead atoms. The average Bonchev–Trinajstić information content (AvgIpc) is 3.27. The number of hydrogen-bond donors (Lipinski definition) is 4. The SMILES string of the molecule is CCC1C(C(=O)NC23CCC(NC(=O)COc4ccc(Cl)c(F)c4)(CC2)[C@@H](O)C3)NN(C)C1c1ccccc1. The van der Waals surface area contributed by atoms with Crippen LogP contribution in [-0.2, 0) is 9.59 Å². The summed E-state index contributed by atoms with van der Waals surface area (Å²) < 4.78 is 19.1. The fourth-order valence-corrected chi connectivity index (χ4v) is 6.85. The summed E-state index contributed by atoms with van der Waals surface area (Å²) in [6, 6.07) is 13.9. The Labute approximate surface area is 233 Å². The first-order valence-electron chi connectivity index (χ1n) is 13.6. The fraction of sp³-hybridized carbons (Fsp3) is 0.517. The van der Waals surface area contributed by atoms with Gasteiger partial charge in [-0.2, -0.15) is 0 Å². The fourth-order valence-electron chi connectivity index (χ4n) is 6.73. The van der Waals surface area contributed by atoms with Gasteiger partial charge in [0.1, 0.15) is 17.6 Å². The number of halogens is 2. The molecule has 2 aromatic carbocycles. The lowest BCUT2D eigenvalue weighted by Gasteiger charge is -2.56. The summed E-state index contributed by atoms with van der Waals surface area (Å²) >= 11 is 5.69. The Bertz CT molecular complexity index is 1210. The van der Waals surface area contributed by atoms with Crippen molar-refractivity contribution in [2.75, 3.05) is 13.7 Å². The lowest BCUT2D eigenvalue weighted by molar-refractivity contribution is -0.137. The van der Waals surface area contributed by atoms with Crippen LogP contribution in [0.3, 0.4) is 0 Å². The number of carbonyl (C=O) groups is 2. The Hall–Kier alpha value is -2.72. The molecule has 4 fully saturated rings. The van der Waals surface area contributed by atoms with Gasteiger partial charge in [0.2, 0.25) is 5.91 Å². The Morgan fingerprint density at radius 2 is 1.87 bits per heavy atom. The Balaban J connectivity index is 1.19. The molecule has 8 nitrogen and oxygen atoms in total. The Morgan fingerprint density at radius 3 is 2.51 bits per heavy atom. The van der Waals surface area contributed by atoms with Gasteiger partial charge in [0, 0.05) is 24.6 Å². The van der Waals surface area contributed by atoms with Crippen molar-refractivity contribution >= 4 is 23.4 Å². The van der Waals surface area contributed by atoms with Crippen LogP contribution in [-0.4, -0.2) is 58.8 Å². The maximum Gasteiger partial charge on any atom is 0.258 e. The number of ether oxygens (including phenoxy) is 1. The second kappa shape index (κ2) is 11.0. The molecule has 0 radical (unpaired) electrons. The smallest absolute Gasteiger partial charge is 0.258 e. The number of hydrazine groups is 1. The maximum atomic E-state index is 13.6. The van der Waals surface area contributed by atoms with E-state index in [1.807, 2.05) is 30.3 Å². The van der Waals surface area contributed by atoms with Gasteiger partial charge in [-0.15, -0.1) is 0 Å². The number of rotatable bonds is 8. The number of hydrogen-bond acceptors (Lipinski definition) is 6. The molecule has 210 valence electrons. The molecule has 3 aliphatic carbocycles. The third-order valence-electron chi connectivity index (χ3n) is 8.85. The third-order valence-corrected chi connectivity index (χ3v) is 9.15. The summed E-state index contributed by atoms with van der Waals surface area (Å²) in [5.74, 6) is -0.773. The van der Waals surface area contributed by atoms with E-state index in [9.17, 15) is 19.1 Å². The second-order valence-electron chi connectivity index (χ2n) is 11.2. The predicted molar refractivity (Wildman–Crippen MR) is 145 cm³/mol. The van der Waals surface area contributed by atoms with Gasteiger partial charge in [-0.25, -0.2) is 14.8 Å². The summed E-state index contributed by atoms with van der Waals surface area (Å²) in [4.78, 5) is 26.3. The van der Waals surface area contributed by atoms with Gasteiger partial charge in [0.15, 0.2) is 6.61 Å². The van der Waals surface area contributed by atoms with Crippen LogP contribution < -0.4 is 20.8 Å². The van der Waals surface area contributed by atoms with Crippen LogP contribution in [0.1, 0.15) is 57.1 Å². The third kappa shape index (κ3) is 5.50. The number of nitrogens with one attached hydrogen (secondary N) is 3. The van der Waals surface area contributed by atoms with Crippen LogP contribution >= 0.6 is 11.6 Å². The predicted octanol–water partition coefficient (Wildman–Crippen LogP) is 3.49. The zero-order valence-electron chi connectivity index (χ0n) is 22.3. The zero-order chi connectivity index (χ0) is 27.8. The second-order valence-corrected chi connectivity index (χ2v) is 11.6. The zero-order valence-corrected chi connectivity index (χ0v) is 23.0. The standard InChI is InChI=1S/C29H36ClFN4O4/c1-3-20-25(34-35(2)26(20)18-7-5-4-6-8-18)27(38)33-28-11-13-29(14-12-28,23(36)16-28)32-24(37)17-39-19-9-10-21(30)22(31)15-19/h4-10,15,20,23,25-26,34,36H,3,11-14,16-17H2,1-2H3,(H,32,37)(H,33,38)/t20?,23-,25?,26?,28?,29?/m0/s1. The van der Waals surface area contributed by atoms with Crippen molar-refractivity contribution in [2.45, 2.75) is 74.7 Å². The molecule has 3 saturated carbocycles. The molecule has 6 rings (SSSR count). The van der Waals surface area contributed by atoms with E-state index in [2.05, 4.69) is 35.1 Å². The molecule has 4 atom stereocenters. The largest absolute Gasteiger partial charge is 0.484 e. The van der Waals surface area contributed by atoms with Gasteiger partial charge in [-0.05, 0) is 56.2 Å². The molecule has 1 saturated heterocycles. The molecule has 4 aliphatic rings. The molecule has 2 aromatic rings. The van der Waals surface area contributed by atoms with E-state index in [4.69, 9.17) is 16.3 Å². The quantitative estimate of drug-likeness (QED) is 0.395. The van der Waals surface area contributed by atoms with Crippen LogP contribution in [0.5, 0.6) is 5.75 Å². The topological polar surface area (TPSA) is 103 Å². The van der Waals surface area contributed by atoms with E-state index in [0.29, 0.717) is 32.1 Å². The molecule has 1 aliphatic heterocycles. The Kier molecular flexibility index (Phi) is 7.88. The van der Waals surface area contributed by atoms with Gasteiger partial charge in [0.25, 0.3) is 5.91 Å². The molecule has 39 heavy (non-hydrogen) atoms. The molecule has 4 N–H and O–H groups in total. The number of aliphatic hydroxyl groups is 1. The van der Waals surface area contributed by atoms with Crippen LogP contribution in [0.15, 0.2) is 48.5 Å². The summed E-state index contributed by atoms with van der Waals surface area (Å²) in [5, 5.41) is 19.4. The average molecular weight is 559 g/mol. The van der Waals surface area contributed by atoms with Crippen molar-refractivity contribution in [1.29, 1.82) is 0 Å². The molecule has 3 unspecified atom stereocenters. The number of fused-ring (bicyclic) bond motifs is 3. The van der Waals surface area contributed by atoms with Gasteiger partial charge < -0.3 is 20.5 Å². The van der Waals surface area contributed by atoms with Gasteiger partial charge in [-0.1, -0.05) is 48.9 Å². The van der Waals surface area contributed by atoms with E-state index < -0.39 is 28.9 Å². The highest BCUT2D eigenvalue weighted by Gasteiger charge is 2.56. The lowest BCUT2D eigenvalue weighted by atomic mass is 9.59. The molecule has 10 heteroatoms. The highest BCUT2D eigenvalue weighted by molar-refractivity contribution is 6.30. The van der Waals surface area contributed by atoms with Crippen LogP contribution in [0.4, 0.5) is 4.39 Å². The number of nitrogens with zero attached hydrogens (tertiary/aromatic N) is 1. The van der Waals surface area contributed by atoms with Gasteiger partial charge in [-0.3, -0.25) is 9.59 Å². The van der Waals surface area contributed by atoms with E-state index in [1.54, 1.807) is 0 Å². The number of benzene rings is 2. The van der Waals surface area contributed by atoms with Gasteiger partial charge >= 0.3 is 0 Å². The van der Waals surface area contributed by atoms with E-state index in [0.717, 1.165) is 12.5 Å². The van der Waals surface area contributed by atoms with E-state index >= 15 is 0 Å². The molecular weight excluding hydrogens is 523 g/mol. The molecule has 0 aromatic heterocycles. The maximum absolute atomic E-state index is 13.6. The minimum Gasteiger partial charge on any atom is -0.484 e. The van der Waals surface area contributed by atoms with Crippen molar-refractivity contribution < 1.29 is 23.8 Å². The normalized spacial score (nSPS) is 32.1. The summed E-state index contributed by atoms with van der Waals surface area (Å²) in [5.41, 5.74) is 3.27. The van der Waals surface area contributed by atoms with Crippen molar-refractivity contribution in [3.05, 3.63) is 64.9 Å².